The lowest BCUT2D eigenvalue weighted by molar-refractivity contribution is -0.00715. The van der Waals surface area contributed by atoms with Gasteiger partial charge in [0.15, 0.2) is 0 Å². The molecule has 7 heteroatoms. The van der Waals surface area contributed by atoms with E-state index in [4.69, 9.17) is 9.47 Å². The third-order valence-corrected chi connectivity index (χ3v) is 4.87. The molecular weight excluding hydrogens is 384 g/mol. The number of hydrogen-bond acceptors (Lipinski definition) is 5. The van der Waals surface area contributed by atoms with E-state index in [0.717, 1.165) is 5.56 Å². The Labute approximate surface area is 179 Å². The fourth-order valence-corrected chi connectivity index (χ4v) is 3.58. The zero-order valence-electron chi connectivity index (χ0n) is 18.8. The minimum atomic E-state index is -0.606. The average Bonchev–Trinajstić information content (AvgIpc) is 2.69. The average molecular weight is 421 g/mol. The van der Waals surface area contributed by atoms with Crippen molar-refractivity contribution in [1.82, 2.24) is 9.80 Å². The molecule has 2 rings (SSSR count). The van der Waals surface area contributed by atoms with E-state index in [1.807, 2.05) is 65.0 Å². The maximum atomic E-state index is 13.0. The van der Waals surface area contributed by atoms with Crippen molar-refractivity contribution in [2.24, 2.45) is 11.8 Å². The van der Waals surface area contributed by atoms with E-state index in [-0.39, 0.29) is 31.1 Å². The van der Waals surface area contributed by atoms with Gasteiger partial charge in [-0.1, -0.05) is 44.2 Å². The van der Waals surface area contributed by atoms with Gasteiger partial charge in [0.25, 0.3) is 0 Å². The fraction of sp³-hybridized carbons (Fsp3) is 0.652. The first-order valence-corrected chi connectivity index (χ1v) is 10.6. The molecule has 1 heterocycles. The van der Waals surface area contributed by atoms with Crippen LogP contribution in [0, 0.1) is 11.8 Å². The van der Waals surface area contributed by atoms with Gasteiger partial charge in [0.2, 0.25) is 0 Å². The minimum Gasteiger partial charge on any atom is -0.445 e. The zero-order chi connectivity index (χ0) is 22.3. The molecule has 1 aromatic carbocycles. The highest BCUT2D eigenvalue weighted by Gasteiger charge is 2.37. The third kappa shape index (κ3) is 7.52. The largest absolute Gasteiger partial charge is 0.445 e. The molecule has 1 fully saturated rings. The van der Waals surface area contributed by atoms with Gasteiger partial charge in [-0.25, -0.2) is 9.59 Å². The van der Waals surface area contributed by atoms with Crippen molar-refractivity contribution >= 4 is 12.2 Å². The monoisotopic (exact) mass is 420 g/mol. The van der Waals surface area contributed by atoms with Gasteiger partial charge in [-0.3, -0.25) is 0 Å². The Morgan fingerprint density at radius 2 is 1.87 bits per heavy atom. The Morgan fingerprint density at radius 1 is 1.20 bits per heavy atom. The van der Waals surface area contributed by atoms with Crippen molar-refractivity contribution in [3.63, 3.8) is 0 Å². The summed E-state index contributed by atoms with van der Waals surface area (Å²) < 4.78 is 11.1. The van der Waals surface area contributed by atoms with Crippen LogP contribution in [0.1, 0.15) is 46.6 Å². The topological polar surface area (TPSA) is 79.3 Å². The van der Waals surface area contributed by atoms with Crippen LogP contribution in [-0.2, 0) is 16.1 Å². The molecule has 1 aliphatic rings. The van der Waals surface area contributed by atoms with Crippen molar-refractivity contribution in [1.29, 1.82) is 0 Å². The van der Waals surface area contributed by atoms with E-state index >= 15 is 0 Å². The molecule has 168 valence electrons. The minimum absolute atomic E-state index is 0.0512. The number of piperidine rings is 1. The van der Waals surface area contributed by atoms with Crippen molar-refractivity contribution < 1.29 is 24.2 Å². The summed E-state index contributed by atoms with van der Waals surface area (Å²) in [5.74, 6) is 0.117. The van der Waals surface area contributed by atoms with Gasteiger partial charge in [-0.05, 0) is 38.7 Å². The Kier molecular flexibility index (Phi) is 8.53. The standard InChI is InChI=1S/C23H36N2O5/c1-17(2)12-25(22(28)29-16-18-9-7-6-8-10-18)20-11-19(15-26)13-24(14-20)21(27)30-23(3,4)5/h6-10,17,19-20,26H,11-16H2,1-5H3. The number of aliphatic hydroxyl groups is 1. The molecule has 0 radical (unpaired) electrons. The number of aliphatic hydroxyl groups excluding tert-OH is 1. The van der Waals surface area contributed by atoms with Crippen molar-refractivity contribution in [3.8, 4) is 0 Å². The molecular formula is C23H36N2O5. The Hall–Kier alpha value is -2.28. The Morgan fingerprint density at radius 3 is 2.43 bits per heavy atom. The second-order valence-electron chi connectivity index (χ2n) is 9.41. The van der Waals surface area contributed by atoms with Crippen LogP contribution in [0.25, 0.3) is 0 Å². The smallest absolute Gasteiger partial charge is 0.410 e. The Bertz CT molecular complexity index is 687. The number of likely N-dealkylation sites (tertiary alicyclic amines) is 1. The number of carbonyl (C=O) groups is 2. The molecule has 1 aliphatic heterocycles. The number of hydrogen-bond donors (Lipinski definition) is 1. The summed E-state index contributed by atoms with van der Waals surface area (Å²) in [7, 11) is 0. The van der Waals surface area contributed by atoms with Crippen LogP contribution in [0.5, 0.6) is 0 Å². The van der Waals surface area contributed by atoms with E-state index in [9.17, 15) is 14.7 Å². The van der Waals surface area contributed by atoms with Crippen LogP contribution in [-0.4, -0.2) is 65.0 Å². The number of ether oxygens (including phenoxy) is 2. The molecule has 30 heavy (non-hydrogen) atoms. The van der Waals surface area contributed by atoms with Gasteiger partial charge in [0, 0.05) is 32.2 Å². The van der Waals surface area contributed by atoms with E-state index < -0.39 is 17.8 Å². The van der Waals surface area contributed by atoms with Gasteiger partial charge in [0.05, 0.1) is 6.04 Å². The molecule has 1 saturated heterocycles. The van der Waals surface area contributed by atoms with Crippen LogP contribution in [0.2, 0.25) is 0 Å². The molecule has 1 N–H and O–H groups in total. The SMILES string of the molecule is CC(C)CN(C(=O)OCc1ccccc1)C1CC(CO)CN(C(=O)OC(C)(C)C)C1. The summed E-state index contributed by atoms with van der Waals surface area (Å²) in [6.45, 7) is 11.0. The van der Waals surface area contributed by atoms with Gasteiger partial charge in [0.1, 0.15) is 12.2 Å². The second-order valence-corrected chi connectivity index (χ2v) is 9.41. The van der Waals surface area contributed by atoms with E-state index in [1.54, 1.807) is 9.80 Å². The molecule has 7 nitrogen and oxygen atoms in total. The van der Waals surface area contributed by atoms with Gasteiger partial charge < -0.3 is 24.4 Å². The predicted octanol–water partition coefficient (Wildman–Crippen LogP) is 3.90. The summed E-state index contributed by atoms with van der Waals surface area (Å²) >= 11 is 0. The molecule has 2 atom stereocenters. The number of amides is 2. The molecule has 0 bridgehead atoms. The van der Waals surface area contributed by atoms with Crippen LogP contribution in [0.3, 0.4) is 0 Å². The van der Waals surface area contributed by atoms with Crippen molar-refractivity contribution in [2.45, 2.75) is 59.3 Å². The van der Waals surface area contributed by atoms with E-state index in [1.165, 1.54) is 0 Å². The lowest BCUT2D eigenvalue weighted by Crippen LogP contribution is -2.56. The normalized spacial score (nSPS) is 19.5. The highest BCUT2D eigenvalue weighted by Crippen LogP contribution is 2.24. The maximum absolute atomic E-state index is 13.0. The number of rotatable bonds is 6. The fourth-order valence-electron chi connectivity index (χ4n) is 3.58. The van der Waals surface area contributed by atoms with Gasteiger partial charge in [-0.2, -0.15) is 0 Å². The highest BCUT2D eigenvalue weighted by atomic mass is 16.6. The molecule has 1 aromatic rings. The molecule has 0 saturated carbocycles. The summed E-state index contributed by atoms with van der Waals surface area (Å²) in [5, 5.41) is 9.78. The molecule has 2 unspecified atom stereocenters. The van der Waals surface area contributed by atoms with E-state index in [0.29, 0.717) is 26.1 Å². The van der Waals surface area contributed by atoms with Crippen LogP contribution in [0.4, 0.5) is 9.59 Å². The number of benzene rings is 1. The maximum Gasteiger partial charge on any atom is 0.410 e. The van der Waals surface area contributed by atoms with Crippen LogP contribution >= 0.6 is 0 Å². The highest BCUT2D eigenvalue weighted by molar-refractivity contribution is 5.70. The molecule has 0 aliphatic carbocycles. The van der Waals surface area contributed by atoms with E-state index in [2.05, 4.69) is 0 Å². The molecule has 0 aromatic heterocycles. The van der Waals surface area contributed by atoms with Crippen molar-refractivity contribution in [3.05, 3.63) is 35.9 Å². The lowest BCUT2D eigenvalue weighted by atomic mass is 9.93. The summed E-state index contributed by atoms with van der Waals surface area (Å²) in [6.07, 6.45) is -0.212. The van der Waals surface area contributed by atoms with Gasteiger partial charge >= 0.3 is 12.2 Å². The molecule has 0 spiro atoms. The number of carbonyl (C=O) groups excluding carboxylic acids is 2. The third-order valence-electron chi connectivity index (χ3n) is 4.87. The lowest BCUT2D eigenvalue weighted by Gasteiger charge is -2.42. The first kappa shape index (κ1) is 24.0. The predicted molar refractivity (Wildman–Crippen MR) is 115 cm³/mol. The summed E-state index contributed by atoms with van der Waals surface area (Å²) in [5.41, 5.74) is 0.313. The quantitative estimate of drug-likeness (QED) is 0.755. The Balaban J connectivity index is 2.12. The zero-order valence-corrected chi connectivity index (χ0v) is 18.8. The summed E-state index contributed by atoms with van der Waals surface area (Å²) in [4.78, 5) is 28.9. The number of nitrogens with zero attached hydrogens (tertiary/aromatic N) is 2. The first-order chi connectivity index (χ1) is 14.1. The summed E-state index contributed by atoms with van der Waals surface area (Å²) in [6, 6.07) is 9.30. The first-order valence-electron chi connectivity index (χ1n) is 10.6. The molecule has 2 amide bonds. The van der Waals surface area contributed by atoms with Crippen LogP contribution in [0.15, 0.2) is 30.3 Å². The van der Waals surface area contributed by atoms with Gasteiger partial charge in [-0.15, -0.1) is 0 Å². The van der Waals surface area contributed by atoms with Crippen LogP contribution < -0.4 is 0 Å². The van der Waals surface area contributed by atoms with Crippen molar-refractivity contribution in [2.75, 3.05) is 26.2 Å². The second kappa shape index (κ2) is 10.7.